The van der Waals surface area contributed by atoms with Gasteiger partial charge >= 0.3 is 0 Å². The summed E-state index contributed by atoms with van der Waals surface area (Å²) in [4.78, 5) is 28.3. The third-order valence-corrected chi connectivity index (χ3v) is 5.39. The van der Waals surface area contributed by atoms with Gasteiger partial charge < -0.3 is 14.8 Å². The molecule has 1 amide bonds. The molecule has 4 heterocycles. The molecule has 0 aliphatic carbocycles. The smallest absolute Gasteiger partial charge is 0.242 e. The number of carbonyl (C=O) groups is 1. The van der Waals surface area contributed by atoms with Crippen molar-refractivity contribution >= 4 is 5.91 Å². The summed E-state index contributed by atoms with van der Waals surface area (Å²) in [6.45, 7) is 5.79. The van der Waals surface area contributed by atoms with E-state index < -0.39 is 0 Å². The largest absolute Gasteiger partial charge is 0.336 e. The Morgan fingerprint density at radius 3 is 3.12 bits per heavy atom. The lowest BCUT2D eigenvalue weighted by atomic mass is 9.98. The molecule has 138 valence electrons. The van der Waals surface area contributed by atoms with E-state index in [-0.39, 0.29) is 5.91 Å². The average molecular weight is 354 g/mol. The number of nitrogens with one attached hydrogen (secondary N) is 1. The summed E-state index contributed by atoms with van der Waals surface area (Å²) < 4.78 is 1.94. The van der Waals surface area contributed by atoms with E-state index >= 15 is 0 Å². The monoisotopic (exact) mass is 354 g/mol. The van der Waals surface area contributed by atoms with Crippen molar-refractivity contribution in [2.75, 3.05) is 19.6 Å². The number of hydrogen-bond donors (Lipinski definition) is 1. The van der Waals surface area contributed by atoms with Crippen molar-refractivity contribution in [1.82, 2.24) is 29.7 Å². The second-order valence-electron chi connectivity index (χ2n) is 7.13. The fraction of sp³-hybridized carbons (Fsp3) is 0.579. The van der Waals surface area contributed by atoms with E-state index in [4.69, 9.17) is 4.98 Å². The van der Waals surface area contributed by atoms with Gasteiger partial charge in [-0.3, -0.25) is 4.79 Å². The molecule has 0 bridgehead atoms. The van der Waals surface area contributed by atoms with Crippen LogP contribution in [0.5, 0.6) is 0 Å². The van der Waals surface area contributed by atoms with Crippen molar-refractivity contribution in [2.24, 2.45) is 0 Å². The van der Waals surface area contributed by atoms with E-state index in [9.17, 15) is 4.79 Å². The normalized spacial score (nSPS) is 20.0. The average Bonchev–Trinajstić information content (AvgIpc) is 3.15. The van der Waals surface area contributed by atoms with E-state index in [1.807, 2.05) is 21.9 Å². The Bertz CT molecular complexity index is 780. The molecule has 1 fully saturated rings. The Balaban J connectivity index is 1.43. The molecule has 1 saturated heterocycles. The van der Waals surface area contributed by atoms with Gasteiger partial charge in [0.05, 0.1) is 5.69 Å². The Labute approximate surface area is 153 Å². The van der Waals surface area contributed by atoms with Crippen LogP contribution < -0.4 is 5.32 Å². The lowest BCUT2D eigenvalue weighted by Gasteiger charge is -2.29. The predicted molar refractivity (Wildman–Crippen MR) is 97.6 cm³/mol. The number of carbonyl (C=O) groups excluding carboxylic acids is 1. The van der Waals surface area contributed by atoms with Gasteiger partial charge in [0.1, 0.15) is 18.2 Å². The molecule has 2 aromatic rings. The first-order valence-corrected chi connectivity index (χ1v) is 9.57. The zero-order chi connectivity index (χ0) is 17.9. The molecule has 0 aromatic carbocycles. The number of rotatable bonds is 4. The minimum absolute atomic E-state index is 0.129. The Morgan fingerprint density at radius 1 is 1.38 bits per heavy atom. The van der Waals surface area contributed by atoms with Gasteiger partial charge in [-0.05, 0) is 19.4 Å². The number of nitrogens with zero attached hydrogens (tertiary/aromatic N) is 5. The summed E-state index contributed by atoms with van der Waals surface area (Å²) in [6.07, 6.45) is 9.54. The van der Waals surface area contributed by atoms with Gasteiger partial charge in [0, 0.05) is 62.5 Å². The summed E-state index contributed by atoms with van der Waals surface area (Å²) in [6, 6.07) is 0. The number of fused-ring (bicyclic) bond motifs is 1. The molecule has 7 heteroatoms. The van der Waals surface area contributed by atoms with Crippen molar-refractivity contribution < 1.29 is 4.79 Å². The summed E-state index contributed by atoms with van der Waals surface area (Å²) >= 11 is 0. The summed E-state index contributed by atoms with van der Waals surface area (Å²) in [5.74, 6) is 2.46. The number of aryl methyl sites for hydroxylation is 1. The lowest BCUT2D eigenvalue weighted by molar-refractivity contribution is -0.132. The summed E-state index contributed by atoms with van der Waals surface area (Å²) in [5, 5.41) is 3.43. The maximum Gasteiger partial charge on any atom is 0.242 e. The van der Waals surface area contributed by atoms with Crippen LogP contribution in [0.15, 0.2) is 18.6 Å². The minimum Gasteiger partial charge on any atom is -0.336 e. The molecule has 0 spiro atoms. The number of aromatic nitrogens is 4. The quantitative estimate of drug-likeness (QED) is 0.895. The van der Waals surface area contributed by atoms with Crippen LogP contribution >= 0.6 is 0 Å². The molecule has 26 heavy (non-hydrogen) atoms. The minimum atomic E-state index is 0.129. The van der Waals surface area contributed by atoms with E-state index in [1.165, 1.54) is 6.42 Å². The van der Waals surface area contributed by atoms with Crippen LogP contribution in [0, 0.1) is 0 Å². The van der Waals surface area contributed by atoms with Crippen LogP contribution in [0.3, 0.4) is 0 Å². The highest BCUT2D eigenvalue weighted by atomic mass is 16.2. The van der Waals surface area contributed by atoms with Gasteiger partial charge in [-0.1, -0.05) is 6.92 Å². The third-order valence-electron chi connectivity index (χ3n) is 5.39. The van der Waals surface area contributed by atoms with Crippen LogP contribution in [0.1, 0.15) is 48.6 Å². The van der Waals surface area contributed by atoms with Gasteiger partial charge in [-0.2, -0.15) is 0 Å². The molecule has 7 nitrogen and oxygen atoms in total. The second-order valence-corrected chi connectivity index (χ2v) is 7.13. The van der Waals surface area contributed by atoms with E-state index in [0.717, 1.165) is 61.8 Å². The SMILES string of the molecule is CCc1nccn1CC(=O)N1CCc2nc([C@@H]3CCCNC3)ncc2C1. The molecule has 2 aromatic heterocycles. The molecule has 1 atom stereocenters. The topological polar surface area (TPSA) is 75.9 Å². The molecular formula is C19H26N6O. The van der Waals surface area contributed by atoms with Crippen LogP contribution in [0.25, 0.3) is 0 Å². The fourth-order valence-corrected chi connectivity index (χ4v) is 3.86. The Hall–Kier alpha value is -2.28. The van der Waals surface area contributed by atoms with Crippen LogP contribution in [0.2, 0.25) is 0 Å². The van der Waals surface area contributed by atoms with Gasteiger partial charge in [0.15, 0.2) is 0 Å². The highest BCUT2D eigenvalue weighted by Gasteiger charge is 2.25. The van der Waals surface area contributed by atoms with Crippen LogP contribution in [-0.2, 0) is 30.7 Å². The Morgan fingerprint density at radius 2 is 2.31 bits per heavy atom. The molecule has 1 N–H and O–H groups in total. The zero-order valence-corrected chi connectivity index (χ0v) is 15.3. The number of piperidine rings is 1. The molecule has 4 rings (SSSR count). The molecular weight excluding hydrogens is 328 g/mol. The van der Waals surface area contributed by atoms with E-state index in [0.29, 0.717) is 19.0 Å². The van der Waals surface area contributed by atoms with Crippen molar-refractivity contribution in [3.8, 4) is 0 Å². The number of imidazole rings is 1. The van der Waals surface area contributed by atoms with Crippen molar-refractivity contribution in [2.45, 2.75) is 51.6 Å². The Kier molecular flexibility index (Phi) is 4.97. The summed E-state index contributed by atoms with van der Waals surface area (Å²) in [5.41, 5.74) is 2.19. The van der Waals surface area contributed by atoms with Gasteiger partial charge in [0.25, 0.3) is 0 Å². The van der Waals surface area contributed by atoms with E-state index in [1.54, 1.807) is 6.20 Å². The second kappa shape index (κ2) is 7.53. The standard InChI is InChI=1S/C19H26N6O/c1-2-17-21-7-9-24(17)13-18(26)25-8-5-16-15(12-25)11-22-19(23-16)14-4-3-6-20-10-14/h7,9,11,14,20H,2-6,8,10,12-13H2,1H3/t14-/m1/s1. The molecule has 0 unspecified atom stereocenters. The predicted octanol–water partition coefficient (Wildman–Crippen LogP) is 1.29. The number of amides is 1. The van der Waals surface area contributed by atoms with Crippen molar-refractivity contribution in [3.63, 3.8) is 0 Å². The van der Waals surface area contributed by atoms with E-state index in [2.05, 4.69) is 22.2 Å². The third kappa shape index (κ3) is 3.49. The molecule has 2 aliphatic rings. The maximum atomic E-state index is 12.7. The molecule has 0 radical (unpaired) electrons. The molecule has 2 aliphatic heterocycles. The fourth-order valence-electron chi connectivity index (χ4n) is 3.86. The highest BCUT2D eigenvalue weighted by Crippen LogP contribution is 2.23. The van der Waals surface area contributed by atoms with Gasteiger partial charge in [-0.15, -0.1) is 0 Å². The first-order chi connectivity index (χ1) is 12.7. The lowest BCUT2D eigenvalue weighted by Crippen LogP contribution is -2.39. The zero-order valence-electron chi connectivity index (χ0n) is 15.3. The number of hydrogen-bond acceptors (Lipinski definition) is 5. The molecule has 0 saturated carbocycles. The summed E-state index contributed by atoms with van der Waals surface area (Å²) in [7, 11) is 0. The first-order valence-electron chi connectivity index (χ1n) is 9.57. The van der Waals surface area contributed by atoms with Crippen molar-refractivity contribution in [3.05, 3.63) is 41.5 Å². The van der Waals surface area contributed by atoms with Crippen molar-refractivity contribution in [1.29, 1.82) is 0 Å². The maximum absolute atomic E-state index is 12.7. The van der Waals surface area contributed by atoms with Gasteiger partial charge in [0.2, 0.25) is 5.91 Å². The van der Waals surface area contributed by atoms with Crippen LogP contribution in [-0.4, -0.2) is 50.0 Å². The van der Waals surface area contributed by atoms with Crippen LogP contribution in [0.4, 0.5) is 0 Å². The first kappa shape index (κ1) is 17.1. The van der Waals surface area contributed by atoms with Gasteiger partial charge in [-0.25, -0.2) is 15.0 Å². The highest BCUT2D eigenvalue weighted by molar-refractivity contribution is 5.76.